The predicted molar refractivity (Wildman–Crippen MR) is 94.3 cm³/mol. The Morgan fingerprint density at radius 2 is 2.04 bits per heavy atom. The quantitative estimate of drug-likeness (QED) is 0.704. The second-order valence-corrected chi connectivity index (χ2v) is 5.93. The van der Waals surface area contributed by atoms with E-state index in [0.29, 0.717) is 10.8 Å². The van der Waals surface area contributed by atoms with Crippen molar-refractivity contribution in [2.75, 3.05) is 13.2 Å². The van der Waals surface area contributed by atoms with Crippen molar-refractivity contribution in [3.8, 4) is 5.75 Å². The molecule has 2 unspecified atom stereocenters. The van der Waals surface area contributed by atoms with Gasteiger partial charge in [-0.1, -0.05) is 35.9 Å². The number of amides is 2. The number of halogens is 2. The van der Waals surface area contributed by atoms with E-state index in [1.54, 1.807) is 43.3 Å². The molecule has 2 aromatic rings. The molecule has 2 rings (SSSR count). The van der Waals surface area contributed by atoms with E-state index >= 15 is 0 Å². The van der Waals surface area contributed by atoms with Crippen molar-refractivity contribution in [1.82, 2.24) is 10.6 Å². The monoisotopic (exact) mass is 366 g/mol. The maximum Gasteiger partial charge on any atom is 0.315 e. The molecule has 7 heteroatoms. The van der Waals surface area contributed by atoms with E-state index in [2.05, 4.69) is 10.6 Å². The molecule has 134 valence electrons. The molecule has 0 bridgehead atoms. The zero-order chi connectivity index (χ0) is 18.2. The van der Waals surface area contributed by atoms with Gasteiger partial charge in [0.1, 0.15) is 17.7 Å². The summed E-state index contributed by atoms with van der Waals surface area (Å²) in [5, 5.41) is 15.1. The van der Waals surface area contributed by atoms with Crippen molar-refractivity contribution < 1.29 is 19.0 Å². The third kappa shape index (κ3) is 5.92. The van der Waals surface area contributed by atoms with Gasteiger partial charge in [-0.25, -0.2) is 9.18 Å². The standard InChI is InChI=1S/C18H20ClFN2O3/c1-12(25-14-6-4-5-13(19)9-14)10-21-18(24)22-17(11-23)15-7-2-3-8-16(15)20/h2-9,12,17,23H,10-11H2,1H3,(H2,21,22,24). The number of aliphatic hydroxyl groups is 1. The molecule has 2 atom stereocenters. The molecule has 0 radical (unpaired) electrons. The lowest BCUT2D eigenvalue weighted by molar-refractivity contribution is 0.198. The van der Waals surface area contributed by atoms with Crippen molar-refractivity contribution in [3.05, 3.63) is 64.9 Å². The highest BCUT2D eigenvalue weighted by Crippen LogP contribution is 2.18. The SMILES string of the molecule is CC(CNC(=O)NC(CO)c1ccccc1F)Oc1cccc(Cl)c1. The molecule has 3 N–H and O–H groups in total. The molecule has 0 aliphatic heterocycles. The smallest absolute Gasteiger partial charge is 0.315 e. The largest absolute Gasteiger partial charge is 0.489 e. The number of ether oxygens (including phenoxy) is 1. The predicted octanol–water partition coefficient (Wildman–Crippen LogP) is 3.28. The topological polar surface area (TPSA) is 70.6 Å². The number of urea groups is 1. The van der Waals surface area contributed by atoms with Gasteiger partial charge in [-0.05, 0) is 31.2 Å². The van der Waals surface area contributed by atoms with Crippen LogP contribution in [0, 0.1) is 5.82 Å². The van der Waals surface area contributed by atoms with E-state index in [9.17, 15) is 14.3 Å². The first-order valence-corrected chi connectivity index (χ1v) is 8.19. The molecule has 5 nitrogen and oxygen atoms in total. The maximum absolute atomic E-state index is 13.8. The summed E-state index contributed by atoms with van der Waals surface area (Å²) in [7, 11) is 0. The first-order chi connectivity index (χ1) is 12.0. The van der Waals surface area contributed by atoms with Gasteiger partial charge >= 0.3 is 6.03 Å². The van der Waals surface area contributed by atoms with Crippen molar-refractivity contribution in [2.45, 2.75) is 19.1 Å². The Hall–Kier alpha value is -2.31. The lowest BCUT2D eigenvalue weighted by Gasteiger charge is -2.19. The van der Waals surface area contributed by atoms with Gasteiger partial charge in [0.2, 0.25) is 0 Å². The fraction of sp³-hybridized carbons (Fsp3) is 0.278. The Bertz CT molecular complexity index is 714. The van der Waals surface area contributed by atoms with Gasteiger partial charge in [-0.2, -0.15) is 0 Å². The van der Waals surface area contributed by atoms with E-state index in [4.69, 9.17) is 16.3 Å². The van der Waals surface area contributed by atoms with Gasteiger partial charge < -0.3 is 20.5 Å². The molecule has 25 heavy (non-hydrogen) atoms. The number of rotatable bonds is 7. The molecule has 2 amide bonds. The minimum atomic E-state index is -0.828. The van der Waals surface area contributed by atoms with Gasteiger partial charge in [0.15, 0.2) is 0 Å². The highest BCUT2D eigenvalue weighted by molar-refractivity contribution is 6.30. The Kier molecular flexibility index (Phi) is 7.03. The maximum atomic E-state index is 13.8. The number of hydrogen-bond acceptors (Lipinski definition) is 3. The lowest BCUT2D eigenvalue weighted by Crippen LogP contribution is -2.43. The van der Waals surface area contributed by atoms with Gasteiger partial charge in [0.25, 0.3) is 0 Å². The zero-order valence-corrected chi connectivity index (χ0v) is 14.5. The van der Waals surface area contributed by atoms with Crippen LogP contribution in [0.5, 0.6) is 5.75 Å². The van der Waals surface area contributed by atoms with E-state index in [0.717, 1.165) is 0 Å². The van der Waals surface area contributed by atoms with Crippen LogP contribution in [0.25, 0.3) is 0 Å². The number of aliphatic hydroxyl groups excluding tert-OH is 1. The fourth-order valence-corrected chi connectivity index (χ4v) is 2.42. The fourth-order valence-electron chi connectivity index (χ4n) is 2.24. The summed E-state index contributed by atoms with van der Waals surface area (Å²) in [4.78, 5) is 12.0. The molecule has 0 heterocycles. The van der Waals surface area contributed by atoms with Crippen LogP contribution in [0.15, 0.2) is 48.5 Å². The van der Waals surface area contributed by atoms with Crippen LogP contribution in [0.4, 0.5) is 9.18 Å². The Balaban J connectivity index is 1.84. The molecular weight excluding hydrogens is 347 g/mol. The number of benzene rings is 2. The summed E-state index contributed by atoms with van der Waals surface area (Å²) in [5.74, 6) is 0.112. The molecular formula is C18H20ClFN2O3. The van der Waals surface area contributed by atoms with E-state index in [1.165, 1.54) is 12.1 Å². The summed E-state index contributed by atoms with van der Waals surface area (Å²) >= 11 is 5.89. The second-order valence-electron chi connectivity index (χ2n) is 5.50. The molecule has 0 fully saturated rings. The van der Waals surface area contributed by atoms with Gasteiger partial charge in [-0.3, -0.25) is 0 Å². The van der Waals surface area contributed by atoms with Crippen LogP contribution in [-0.4, -0.2) is 30.4 Å². The number of carbonyl (C=O) groups is 1. The average molecular weight is 367 g/mol. The minimum absolute atomic E-state index is 0.225. The summed E-state index contributed by atoms with van der Waals surface area (Å²) in [6, 6.07) is 11.6. The molecule has 0 saturated carbocycles. The Labute approximate surface area is 150 Å². The van der Waals surface area contributed by atoms with E-state index in [1.807, 2.05) is 0 Å². The molecule has 0 spiro atoms. The van der Waals surface area contributed by atoms with Crippen LogP contribution in [0.1, 0.15) is 18.5 Å². The lowest BCUT2D eigenvalue weighted by atomic mass is 10.1. The van der Waals surface area contributed by atoms with Crippen molar-refractivity contribution in [3.63, 3.8) is 0 Å². The van der Waals surface area contributed by atoms with E-state index in [-0.39, 0.29) is 18.2 Å². The highest BCUT2D eigenvalue weighted by Gasteiger charge is 2.17. The van der Waals surface area contributed by atoms with Gasteiger partial charge in [-0.15, -0.1) is 0 Å². The van der Waals surface area contributed by atoms with Crippen LogP contribution >= 0.6 is 11.6 Å². The normalized spacial score (nSPS) is 13.0. The third-order valence-electron chi connectivity index (χ3n) is 3.45. The molecule has 2 aromatic carbocycles. The van der Waals surface area contributed by atoms with Crippen molar-refractivity contribution in [2.24, 2.45) is 0 Å². The van der Waals surface area contributed by atoms with Crippen LogP contribution in [0.2, 0.25) is 5.02 Å². The minimum Gasteiger partial charge on any atom is -0.489 e. The number of nitrogens with one attached hydrogen (secondary N) is 2. The van der Waals surface area contributed by atoms with Crippen molar-refractivity contribution >= 4 is 17.6 Å². The number of carbonyl (C=O) groups excluding carboxylic acids is 1. The van der Waals surface area contributed by atoms with Crippen molar-refractivity contribution in [1.29, 1.82) is 0 Å². The van der Waals surface area contributed by atoms with Gasteiger partial charge in [0.05, 0.1) is 19.2 Å². The Morgan fingerprint density at radius 3 is 2.72 bits per heavy atom. The first kappa shape index (κ1) is 19.0. The zero-order valence-electron chi connectivity index (χ0n) is 13.7. The van der Waals surface area contributed by atoms with Gasteiger partial charge in [0, 0.05) is 10.6 Å². The summed E-state index contributed by atoms with van der Waals surface area (Å²) < 4.78 is 19.4. The van der Waals surface area contributed by atoms with Crippen LogP contribution in [-0.2, 0) is 0 Å². The van der Waals surface area contributed by atoms with E-state index < -0.39 is 24.5 Å². The summed E-state index contributed by atoms with van der Waals surface area (Å²) in [6.07, 6.45) is -0.301. The Morgan fingerprint density at radius 1 is 1.28 bits per heavy atom. The molecule has 0 aromatic heterocycles. The highest BCUT2D eigenvalue weighted by atomic mass is 35.5. The van der Waals surface area contributed by atoms with Crippen LogP contribution < -0.4 is 15.4 Å². The second kappa shape index (κ2) is 9.25. The first-order valence-electron chi connectivity index (χ1n) is 7.81. The summed E-state index contributed by atoms with van der Waals surface area (Å²) in [6.45, 7) is 1.61. The number of hydrogen-bond donors (Lipinski definition) is 3. The van der Waals surface area contributed by atoms with Crippen LogP contribution in [0.3, 0.4) is 0 Å². The average Bonchev–Trinajstić information content (AvgIpc) is 2.58. The summed E-state index contributed by atoms with van der Waals surface area (Å²) in [5.41, 5.74) is 0.225. The molecule has 0 saturated heterocycles. The third-order valence-corrected chi connectivity index (χ3v) is 3.69. The molecule has 0 aliphatic carbocycles. The molecule has 0 aliphatic rings.